The number of hydrogen-bond acceptors (Lipinski definition) is 3. The molecule has 0 saturated heterocycles. The van der Waals surface area contributed by atoms with Gasteiger partial charge < -0.3 is 4.74 Å². The van der Waals surface area contributed by atoms with Gasteiger partial charge in [0.1, 0.15) is 5.75 Å². The van der Waals surface area contributed by atoms with Crippen LogP contribution in [-0.4, -0.2) is 11.5 Å². The van der Waals surface area contributed by atoms with Crippen molar-refractivity contribution in [3.63, 3.8) is 0 Å². The second-order valence-electron chi connectivity index (χ2n) is 2.25. The van der Waals surface area contributed by atoms with Crippen molar-refractivity contribution in [1.29, 1.82) is 0 Å². The molecule has 4 nitrogen and oxygen atoms in total. The molecule has 14 heavy (non-hydrogen) atoms. The molecule has 0 spiro atoms. The minimum absolute atomic E-state index is 0.0978. The van der Waals surface area contributed by atoms with Crippen molar-refractivity contribution in [2.24, 2.45) is 0 Å². The van der Waals surface area contributed by atoms with Crippen molar-refractivity contribution in [2.75, 3.05) is 0 Å². The highest BCUT2D eigenvalue weighted by Crippen LogP contribution is 2.29. The Labute approximate surface area is 85.8 Å². The first-order valence-electron chi connectivity index (χ1n) is 3.39. The molecule has 0 aliphatic heterocycles. The van der Waals surface area contributed by atoms with Gasteiger partial charge in [-0.25, -0.2) is 0 Å². The number of nitrogens with zero attached hydrogens (tertiary/aromatic N) is 1. The van der Waals surface area contributed by atoms with Crippen LogP contribution in [0.15, 0.2) is 22.7 Å². The van der Waals surface area contributed by atoms with E-state index >= 15 is 0 Å². The van der Waals surface area contributed by atoms with Crippen LogP contribution in [0.5, 0.6) is 5.75 Å². The van der Waals surface area contributed by atoms with Crippen molar-refractivity contribution < 1.29 is 18.4 Å². The fraction of sp³-hybridized carbons (Fsp3) is 0.143. The third kappa shape index (κ3) is 2.63. The first-order chi connectivity index (χ1) is 6.50. The molecule has 7 heteroatoms. The first-order valence-corrected chi connectivity index (χ1v) is 4.19. The Morgan fingerprint density at radius 2 is 2.14 bits per heavy atom. The molecule has 0 N–H and O–H groups in total. The number of hydrogen-bond donors (Lipinski definition) is 0. The third-order valence-corrected chi connectivity index (χ3v) is 1.98. The highest BCUT2D eigenvalue weighted by Gasteiger charge is 2.13. The van der Waals surface area contributed by atoms with E-state index in [-0.39, 0.29) is 15.9 Å². The van der Waals surface area contributed by atoms with E-state index in [1.165, 1.54) is 0 Å². The number of rotatable bonds is 3. The maximum atomic E-state index is 11.7. The minimum Gasteiger partial charge on any atom is -0.435 e. The van der Waals surface area contributed by atoms with Gasteiger partial charge in [0.2, 0.25) is 0 Å². The lowest BCUT2D eigenvalue weighted by Gasteiger charge is -2.04. The molecule has 1 aromatic carbocycles. The van der Waals surface area contributed by atoms with Crippen LogP contribution in [0.1, 0.15) is 0 Å². The summed E-state index contributed by atoms with van der Waals surface area (Å²) in [5, 5.41) is 10.3. The number of benzene rings is 1. The normalized spacial score (nSPS) is 10.3. The van der Waals surface area contributed by atoms with Crippen LogP contribution in [-0.2, 0) is 0 Å². The fourth-order valence-corrected chi connectivity index (χ4v) is 1.31. The van der Waals surface area contributed by atoms with Gasteiger partial charge in [0, 0.05) is 12.1 Å². The van der Waals surface area contributed by atoms with Crippen LogP contribution in [0.3, 0.4) is 0 Å². The highest BCUT2D eigenvalue weighted by molar-refractivity contribution is 9.10. The summed E-state index contributed by atoms with van der Waals surface area (Å²) >= 11 is 2.87. The lowest BCUT2D eigenvalue weighted by Crippen LogP contribution is -2.02. The monoisotopic (exact) mass is 267 g/mol. The molecule has 0 fully saturated rings. The van der Waals surface area contributed by atoms with E-state index in [2.05, 4.69) is 20.7 Å². The van der Waals surface area contributed by atoms with Crippen molar-refractivity contribution in [1.82, 2.24) is 0 Å². The number of nitro benzene ring substituents is 1. The van der Waals surface area contributed by atoms with E-state index in [1.54, 1.807) is 0 Å². The second-order valence-corrected chi connectivity index (χ2v) is 3.10. The lowest BCUT2D eigenvalue weighted by atomic mass is 10.3. The largest absolute Gasteiger partial charge is 0.435 e. The standard InChI is InChI=1S/C7H4BrF2NO3/c8-5-3-4(14-7(9)10)1-2-6(5)11(12)13/h1-3,7H. The number of nitro groups is 1. The lowest BCUT2D eigenvalue weighted by molar-refractivity contribution is -0.385. The van der Waals surface area contributed by atoms with E-state index in [1.807, 2.05) is 0 Å². The zero-order valence-electron chi connectivity index (χ0n) is 6.62. The molecule has 0 aliphatic carbocycles. The van der Waals surface area contributed by atoms with E-state index in [0.29, 0.717) is 0 Å². The van der Waals surface area contributed by atoms with Gasteiger partial charge in [0.15, 0.2) is 0 Å². The molecule has 0 saturated carbocycles. The van der Waals surface area contributed by atoms with Gasteiger partial charge in [-0.05, 0) is 22.0 Å². The first kappa shape index (κ1) is 10.8. The SMILES string of the molecule is O=[N+]([O-])c1ccc(OC(F)F)cc1Br. The fourth-order valence-electron chi connectivity index (χ4n) is 0.812. The van der Waals surface area contributed by atoms with Gasteiger partial charge in [-0.1, -0.05) is 0 Å². The summed E-state index contributed by atoms with van der Waals surface area (Å²) in [4.78, 5) is 9.71. The summed E-state index contributed by atoms with van der Waals surface area (Å²) < 4.78 is 27.6. The van der Waals surface area contributed by atoms with E-state index in [9.17, 15) is 18.9 Å². The van der Waals surface area contributed by atoms with Crippen LogP contribution >= 0.6 is 15.9 Å². The minimum atomic E-state index is -2.94. The summed E-state index contributed by atoms with van der Waals surface area (Å²) in [5.74, 6) is -0.127. The van der Waals surface area contributed by atoms with Crippen LogP contribution < -0.4 is 4.74 Å². The smallest absolute Gasteiger partial charge is 0.387 e. The van der Waals surface area contributed by atoms with Crippen LogP contribution in [0.2, 0.25) is 0 Å². The summed E-state index contributed by atoms with van der Waals surface area (Å²) in [6.45, 7) is -2.94. The Balaban J connectivity index is 2.94. The van der Waals surface area contributed by atoms with Crippen LogP contribution in [0.4, 0.5) is 14.5 Å². The molecular formula is C7H4BrF2NO3. The van der Waals surface area contributed by atoms with Gasteiger partial charge in [0.25, 0.3) is 5.69 Å². The van der Waals surface area contributed by atoms with E-state index < -0.39 is 11.5 Å². The molecule has 0 heterocycles. The van der Waals surface area contributed by atoms with Crippen molar-refractivity contribution >= 4 is 21.6 Å². The van der Waals surface area contributed by atoms with Gasteiger partial charge in [-0.2, -0.15) is 8.78 Å². The molecule has 1 rings (SSSR count). The van der Waals surface area contributed by atoms with Gasteiger partial charge in [-0.3, -0.25) is 10.1 Å². The van der Waals surface area contributed by atoms with Crippen molar-refractivity contribution in [3.8, 4) is 5.75 Å². The zero-order valence-corrected chi connectivity index (χ0v) is 8.20. The molecule has 0 amide bonds. The Morgan fingerprint density at radius 1 is 1.50 bits per heavy atom. The molecule has 0 radical (unpaired) electrons. The van der Waals surface area contributed by atoms with E-state index in [4.69, 9.17) is 0 Å². The topological polar surface area (TPSA) is 52.4 Å². The number of halogens is 3. The molecule has 0 aliphatic rings. The molecule has 0 atom stereocenters. The molecular weight excluding hydrogens is 264 g/mol. The highest BCUT2D eigenvalue weighted by atomic mass is 79.9. The predicted molar refractivity (Wildman–Crippen MR) is 47.4 cm³/mol. The Bertz CT molecular complexity index is 359. The number of ether oxygens (including phenoxy) is 1. The molecule has 1 aromatic rings. The molecule has 0 unspecified atom stereocenters. The van der Waals surface area contributed by atoms with Crippen LogP contribution in [0.25, 0.3) is 0 Å². The average Bonchev–Trinajstić information content (AvgIpc) is 2.01. The Morgan fingerprint density at radius 3 is 2.57 bits per heavy atom. The Kier molecular flexibility index (Phi) is 3.34. The summed E-state index contributed by atoms with van der Waals surface area (Å²) in [5.41, 5.74) is -0.202. The van der Waals surface area contributed by atoms with Gasteiger partial charge >= 0.3 is 6.61 Å². The second kappa shape index (κ2) is 4.32. The quantitative estimate of drug-likeness (QED) is 0.625. The third-order valence-electron chi connectivity index (χ3n) is 1.34. The zero-order chi connectivity index (χ0) is 10.7. The van der Waals surface area contributed by atoms with E-state index in [0.717, 1.165) is 18.2 Å². The van der Waals surface area contributed by atoms with Gasteiger partial charge in [0.05, 0.1) is 9.40 Å². The van der Waals surface area contributed by atoms with Crippen LogP contribution in [0, 0.1) is 10.1 Å². The maximum Gasteiger partial charge on any atom is 0.387 e. The van der Waals surface area contributed by atoms with Crippen molar-refractivity contribution in [2.45, 2.75) is 6.61 Å². The predicted octanol–water partition coefficient (Wildman–Crippen LogP) is 2.96. The summed E-state index contributed by atoms with van der Waals surface area (Å²) in [6, 6.07) is 3.31. The summed E-state index contributed by atoms with van der Waals surface area (Å²) in [7, 11) is 0. The molecule has 0 aromatic heterocycles. The number of alkyl halides is 2. The summed E-state index contributed by atoms with van der Waals surface area (Å²) in [6.07, 6.45) is 0. The maximum absolute atomic E-state index is 11.7. The molecule has 76 valence electrons. The van der Waals surface area contributed by atoms with Crippen molar-refractivity contribution in [3.05, 3.63) is 32.8 Å². The Hall–Kier alpha value is -1.24. The average molecular weight is 268 g/mol. The molecule has 0 bridgehead atoms. The van der Waals surface area contributed by atoms with Gasteiger partial charge in [-0.15, -0.1) is 0 Å².